The van der Waals surface area contributed by atoms with Crippen LogP contribution in [0.5, 0.6) is 0 Å². The van der Waals surface area contributed by atoms with Crippen LogP contribution in [0.1, 0.15) is 79.1 Å². The standard InChI is InChI=1S/C17H36N2/c1-5-13-18-16-11-9-7-8-10-12-17(16)19(14-6-2)15(3)4/h15-18H,5-14H2,1-4H3. The molecule has 1 aliphatic carbocycles. The van der Waals surface area contributed by atoms with Crippen molar-refractivity contribution in [2.45, 2.75) is 97.2 Å². The van der Waals surface area contributed by atoms with Gasteiger partial charge in [0.2, 0.25) is 0 Å². The van der Waals surface area contributed by atoms with Gasteiger partial charge in [-0.15, -0.1) is 0 Å². The van der Waals surface area contributed by atoms with Crippen LogP contribution in [-0.4, -0.2) is 36.1 Å². The van der Waals surface area contributed by atoms with Gasteiger partial charge in [-0.2, -0.15) is 0 Å². The van der Waals surface area contributed by atoms with Gasteiger partial charge in [0.25, 0.3) is 0 Å². The molecule has 2 unspecified atom stereocenters. The molecular formula is C17H36N2. The molecule has 0 radical (unpaired) electrons. The smallest absolute Gasteiger partial charge is 0.0252 e. The molecule has 1 aliphatic rings. The Balaban J connectivity index is 2.71. The van der Waals surface area contributed by atoms with Crippen LogP contribution in [0.4, 0.5) is 0 Å². The minimum atomic E-state index is 0.676. The SMILES string of the molecule is CCCNC1CCCCCCC1N(CCC)C(C)C. The molecule has 1 rings (SSSR count). The fourth-order valence-corrected chi connectivity index (χ4v) is 3.49. The van der Waals surface area contributed by atoms with Gasteiger partial charge in [-0.05, 0) is 52.6 Å². The van der Waals surface area contributed by atoms with Crippen molar-refractivity contribution in [1.82, 2.24) is 10.2 Å². The van der Waals surface area contributed by atoms with Crippen molar-refractivity contribution in [3.05, 3.63) is 0 Å². The highest BCUT2D eigenvalue weighted by molar-refractivity contribution is 4.87. The molecule has 1 saturated carbocycles. The van der Waals surface area contributed by atoms with Crippen LogP contribution in [-0.2, 0) is 0 Å². The minimum absolute atomic E-state index is 0.676. The Morgan fingerprint density at radius 3 is 2.26 bits per heavy atom. The molecule has 0 bridgehead atoms. The third-order valence-electron chi connectivity index (χ3n) is 4.46. The van der Waals surface area contributed by atoms with Gasteiger partial charge in [0.1, 0.15) is 0 Å². The van der Waals surface area contributed by atoms with E-state index in [1.54, 1.807) is 0 Å². The zero-order chi connectivity index (χ0) is 14.1. The highest BCUT2D eigenvalue weighted by Crippen LogP contribution is 2.24. The zero-order valence-electron chi connectivity index (χ0n) is 13.8. The number of hydrogen-bond donors (Lipinski definition) is 1. The average Bonchev–Trinajstić information content (AvgIpc) is 2.36. The first kappa shape index (κ1) is 17.0. The topological polar surface area (TPSA) is 15.3 Å². The summed E-state index contributed by atoms with van der Waals surface area (Å²) in [5.74, 6) is 0. The predicted molar refractivity (Wildman–Crippen MR) is 85.7 cm³/mol. The fraction of sp³-hybridized carbons (Fsp3) is 1.00. The van der Waals surface area contributed by atoms with E-state index in [0.29, 0.717) is 12.1 Å². The minimum Gasteiger partial charge on any atom is -0.312 e. The van der Waals surface area contributed by atoms with Crippen LogP contribution in [0.2, 0.25) is 0 Å². The van der Waals surface area contributed by atoms with Crippen molar-refractivity contribution in [2.24, 2.45) is 0 Å². The fourth-order valence-electron chi connectivity index (χ4n) is 3.49. The molecule has 2 nitrogen and oxygen atoms in total. The van der Waals surface area contributed by atoms with E-state index >= 15 is 0 Å². The normalized spacial score (nSPS) is 25.6. The van der Waals surface area contributed by atoms with E-state index in [1.165, 1.54) is 64.5 Å². The lowest BCUT2D eigenvalue weighted by Gasteiger charge is -2.41. The number of rotatable bonds is 7. The monoisotopic (exact) mass is 268 g/mol. The van der Waals surface area contributed by atoms with E-state index in [4.69, 9.17) is 0 Å². The first-order valence-corrected chi connectivity index (χ1v) is 8.69. The third kappa shape index (κ3) is 5.83. The molecule has 1 fully saturated rings. The Morgan fingerprint density at radius 2 is 1.68 bits per heavy atom. The number of hydrogen-bond acceptors (Lipinski definition) is 2. The van der Waals surface area contributed by atoms with Gasteiger partial charge in [-0.3, -0.25) is 4.90 Å². The molecule has 0 heterocycles. The molecule has 0 saturated heterocycles. The molecule has 0 aromatic carbocycles. The van der Waals surface area contributed by atoms with Gasteiger partial charge >= 0.3 is 0 Å². The van der Waals surface area contributed by atoms with Crippen molar-refractivity contribution in [2.75, 3.05) is 13.1 Å². The van der Waals surface area contributed by atoms with Crippen molar-refractivity contribution in [1.29, 1.82) is 0 Å². The Kier molecular flexibility index (Phi) is 8.72. The van der Waals surface area contributed by atoms with Gasteiger partial charge < -0.3 is 5.32 Å². The lowest BCUT2D eigenvalue weighted by molar-refractivity contribution is 0.101. The van der Waals surface area contributed by atoms with Gasteiger partial charge in [0, 0.05) is 18.1 Å². The molecule has 0 spiro atoms. The molecule has 0 aliphatic heterocycles. The summed E-state index contributed by atoms with van der Waals surface area (Å²) in [5.41, 5.74) is 0. The second-order valence-electron chi connectivity index (χ2n) is 6.45. The largest absolute Gasteiger partial charge is 0.312 e. The molecule has 2 heteroatoms. The van der Waals surface area contributed by atoms with Crippen molar-refractivity contribution < 1.29 is 0 Å². The third-order valence-corrected chi connectivity index (χ3v) is 4.46. The quantitative estimate of drug-likeness (QED) is 0.744. The van der Waals surface area contributed by atoms with Crippen LogP contribution in [0.15, 0.2) is 0 Å². The summed E-state index contributed by atoms with van der Waals surface area (Å²) in [5, 5.41) is 3.84. The number of nitrogens with one attached hydrogen (secondary N) is 1. The second kappa shape index (κ2) is 9.77. The predicted octanol–water partition coefficient (Wildman–Crippen LogP) is 4.20. The molecule has 2 atom stereocenters. The summed E-state index contributed by atoms with van der Waals surface area (Å²) in [7, 11) is 0. The summed E-state index contributed by atoms with van der Waals surface area (Å²) in [6, 6.07) is 2.15. The van der Waals surface area contributed by atoms with E-state index in [9.17, 15) is 0 Å². The Bertz CT molecular complexity index is 213. The maximum absolute atomic E-state index is 3.84. The van der Waals surface area contributed by atoms with Crippen LogP contribution < -0.4 is 5.32 Å². The maximum Gasteiger partial charge on any atom is 0.0252 e. The van der Waals surface area contributed by atoms with Crippen LogP contribution in [0, 0.1) is 0 Å². The van der Waals surface area contributed by atoms with E-state index in [0.717, 1.165) is 6.04 Å². The lowest BCUT2D eigenvalue weighted by atomic mass is 9.90. The van der Waals surface area contributed by atoms with Gasteiger partial charge in [0.15, 0.2) is 0 Å². The van der Waals surface area contributed by atoms with Crippen molar-refractivity contribution >= 4 is 0 Å². The second-order valence-corrected chi connectivity index (χ2v) is 6.45. The van der Waals surface area contributed by atoms with Gasteiger partial charge in [-0.25, -0.2) is 0 Å². The Labute approximate surface area is 121 Å². The summed E-state index contributed by atoms with van der Waals surface area (Å²) in [6.45, 7) is 11.8. The molecule has 114 valence electrons. The average molecular weight is 268 g/mol. The number of nitrogens with zero attached hydrogens (tertiary/aromatic N) is 1. The van der Waals surface area contributed by atoms with Crippen LogP contribution in [0.3, 0.4) is 0 Å². The molecule has 0 amide bonds. The summed E-state index contributed by atoms with van der Waals surface area (Å²) in [6.07, 6.45) is 11.0. The van der Waals surface area contributed by atoms with E-state index < -0.39 is 0 Å². The lowest BCUT2D eigenvalue weighted by Crippen LogP contribution is -2.53. The first-order valence-electron chi connectivity index (χ1n) is 8.69. The maximum atomic E-state index is 3.84. The summed E-state index contributed by atoms with van der Waals surface area (Å²) in [4.78, 5) is 2.76. The van der Waals surface area contributed by atoms with Crippen LogP contribution >= 0.6 is 0 Å². The highest BCUT2D eigenvalue weighted by Gasteiger charge is 2.28. The first-order chi connectivity index (χ1) is 9.20. The Morgan fingerprint density at radius 1 is 1.00 bits per heavy atom. The molecule has 19 heavy (non-hydrogen) atoms. The Hall–Kier alpha value is -0.0800. The van der Waals surface area contributed by atoms with E-state index in [2.05, 4.69) is 37.9 Å². The van der Waals surface area contributed by atoms with E-state index in [1.807, 2.05) is 0 Å². The molecule has 0 aromatic rings. The van der Waals surface area contributed by atoms with E-state index in [-0.39, 0.29) is 0 Å². The summed E-state index contributed by atoms with van der Waals surface area (Å²) >= 11 is 0. The zero-order valence-corrected chi connectivity index (χ0v) is 13.8. The van der Waals surface area contributed by atoms with Crippen molar-refractivity contribution in [3.8, 4) is 0 Å². The van der Waals surface area contributed by atoms with Gasteiger partial charge in [-0.1, -0.05) is 39.5 Å². The molecular weight excluding hydrogens is 232 g/mol. The van der Waals surface area contributed by atoms with Gasteiger partial charge in [0.05, 0.1) is 0 Å². The molecule has 0 aromatic heterocycles. The summed E-state index contributed by atoms with van der Waals surface area (Å²) < 4.78 is 0. The molecule has 1 N–H and O–H groups in total. The van der Waals surface area contributed by atoms with Crippen molar-refractivity contribution in [3.63, 3.8) is 0 Å². The van der Waals surface area contributed by atoms with Crippen LogP contribution in [0.25, 0.3) is 0 Å². The highest BCUT2D eigenvalue weighted by atomic mass is 15.2.